The lowest BCUT2D eigenvalue weighted by Gasteiger charge is -2.22. The lowest BCUT2D eigenvalue weighted by atomic mass is 10.1. The summed E-state index contributed by atoms with van der Waals surface area (Å²) in [4.78, 5) is 2.74. The smallest absolute Gasteiger partial charge is 0.0236 e. The van der Waals surface area contributed by atoms with E-state index < -0.39 is 0 Å². The van der Waals surface area contributed by atoms with Crippen molar-refractivity contribution in [3.63, 3.8) is 0 Å². The van der Waals surface area contributed by atoms with Crippen molar-refractivity contribution in [2.45, 2.75) is 51.4 Å². The Bertz CT molecular complexity index is 446. The van der Waals surface area contributed by atoms with Gasteiger partial charge >= 0.3 is 0 Å². The van der Waals surface area contributed by atoms with Crippen LogP contribution in [0.1, 0.15) is 42.4 Å². The molecule has 0 aromatic heterocycles. The minimum atomic E-state index is 0.900. The predicted octanol–water partition coefficient (Wildman–Crippen LogP) is 2.66. The molecule has 0 radical (unpaired) electrons. The molecule has 0 amide bonds. The van der Waals surface area contributed by atoms with Crippen molar-refractivity contribution in [3.05, 3.63) is 34.9 Å². The largest absolute Gasteiger partial charge is 0.309 e. The molecule has 0 bridgehead atoms. The SMILES string of the molecule is c1cc2c(cc1CN(CC1CC1)C1CC1)CNC2. The highest BCUT2D eigenvalue weighted by molar-refractivity contribution is 5.34. The lowest BCUT2D eigenvalue weighted by molar-refractivity contribution is 0.244. The maximum atomic E-state index is 3.43. The molecule has 0 atom stereocenters. The summed E-state index contributed by atoms with van der Waals surface area (Å²) >= 11 is 0. The van der Waals surface area contributed by atoms with Gasteiger partial charge in [0.1, 0.15) is 0 Å². The number of hydrogen-bond acceptors (Lipinski definition) is 2. The van der Waals surface area contributed by atoms with Gasteiger partial charge < -0.3 is 5.32 Å². The van der Waals surface area contributed by atoms with Crippen LogP contribution in [0.5, 0.6) is 0 Å². The van der Waals surface area contributed by atoms with Crippen LogP contribution >= 0.6 is 0 Å². The quantitative estimate of drug-likeness (QED) is 0.854. The van der Waals surface area contributed by atoms with Gasteiger partial charge in [0.2, 0.25) is 0 Å². The van der Waals surface area contributed by atoms with Crippen LogP contribution in [0, 0.1) is 5.92 Å². The maximum Gasteiger partial charge on any atom is 0.0236 e. The standard InChI is InChI=1S/C16H22N2/c1-2-12(1)10-18(16-5-6-16)11-13-3-4-14-8-17-9-15(14)7-13/h3-4,7,12,16-17H,1-2,5-6,8-11H2. The van der Waals surface area contributed by atoms with Gasteiger partial charge in [-0.05, 0) is 48.3 Å². The van der Waals surface area contributed by atoms with Gasteiger partial charge in [0.15, 0.2) is 0 Å². The Kier molecular flexibility index (Phi) is 2.66. The molecule has 2 aliphatic carbocycles. The van der Waals surface area contributed by atoms with Crippen molar-refractivity contribution >= 4 is 0 Å². The molecule has 2 nitrogen and oxygen atoms in total. The molecule has 18 heavy (non-hydrogen) atoms. The van der Waals surface area contributed by atoms with Gasteiger partial charge in [-0.15, -0.1) is 0 Å². The van der Waals surface area contributed by atoms with E-state index in [-0.39, 0.29) is 0 Å². The fraction of sp³-hybridized carbons (Fsp3) is 0.625. The Hall–Kier alpha value is -0.860. The summed E-state index contributed by atoms with van der Waals surface area (Å²) in [5.74, 6) is 1.02. The lowest BCUT2D eigenvalue weighted by Crippen LogP contribution is -2.27. The predicted molar refractivity (Wildman–Crippen MR) is 73.1 cm³/mol. The van der Waals surface area contributed by atoms with Crippen molar-refractivity contribution in [1.29, 1.82) is 0 Å². The Morgan fingerprint density at radius 3 is 2.67 bits per heavy atom. The molecule has 96 valence electrons. The molecule has 3 aliphatic rings. The zero-order valence-corrected chi connectivity index (χ0v) is 11.0. The van der Waals surface area contributed by atoms with Crippen LogP contribution in [0.2, 0.25) is 0 Å². The van der Waals surface area contributed by atoms with Gasteiger partial charge in [-0.3, -0.25) is 4.90 Å². The van der Waals surface area contributed by atoms with Crippen LogP contribution in [-0.2, 0) is 19.6 Å². The normalized spacial score (nSPS) is 22.5. The van der Waals surface area contributed by atoms with E-state index in [0.717, 1.165) is 25.0 Å². The Morgan fingerprint density at radius 2 is 1.89 bits per heavy atom. The van der Waals surface area contributed by atoms with Crippen molar-refractivity contribution in [2.24, 2.45) is 5.92 Å². The van der Waals surface area contributed by atoms with E-state index in [4.69, 9.17) is 0 Å². The van der Waals surface area contributed by atoms with Gasteiger partial charge in [-0.2, -0.15) is 0 Å². The monoisotopic (exact) mass is 242 g/mol. The van der Waals surface area contributed by atoms with E-state index in [1.165, 1.54) is 55.5 Å². The number of nitrogens with one attached hydrogen (secondary N) is 1. The first-order valence-corrected chi connectivity index (χ1v) is 7.44. The first-order valence-electron chi connectivity index (χ1n) is 7.44. The molecule has 2 fully saturated rings. The zero-order chi connectivity index (χ0) is 11.9. The van der Waals surface area contributed by atoms with Gasteiger partial charge in [-0.1, -0.05) is 18.2 Å². The molecule has 1 heterocycles. The van der Waals surface area contributed by atoms with Crippen LogP contribution in [0.15, 0.2) is 18.2 Å². The molecular formula is C16H22N2. The van der Waals surface area contributed by atoms with Gasteiger partial charge in [0, 0.05) is 32.2 Å². The summed E-state index contributed by atoms with van der Waals surface area (Å²) in [6.45, 7) is 4.65. The van der Waals surface area contributed by atoms with Crippen molar-refractivity contribution in [2.75, 3.05) is 6.54 Å². The number of benzene rings is 1. The van der Waals surface area contributed by atoms with Gasteiger partial charge in [0.05, 0.1) is 0 Å². The molecule has 1 N–H and O–H groups in total. The first-order chi connectivity index (χ1) is 8.88. The average Bonchev–Trinajstić information content (AvgIpc) is 3.27. The summed E-state index contributed by atoms with van der Waals surface area (Å²) in [6.07, 6.45) is 5.80. The first kappa shape index (κ1) is 11.0. The molecular weight excluding hydrogens is 220 g/mol. The molecule has 1 aliphatic heterocycles. The molecule has 4 rings (SSSR count). The number of nitrogens with zero attached hydrogens (tertiary/aromatic N) is 1. The number of rotatable bonds is 5. The zero-order valence-electron chi connectivity index (χ0n) is 11.0. The second-order valence-corrected chi connectivity index (χ2v) is 6.31. The van der Waals surface area contributed by atoms with Crippen LogP contribution in [0.4, 0.5) is 0 Å². The Labute approximate surface area is 109 Å². The van der Waals surface area contributed by atoms with Gasteiger partial charge in [0.25, 0.3) is 0 Å². The summed E-state index contributed by atoms with van der Waals surface area (Å²) < 4.78 is 0. The third-order valence-corrected chi connectivity index (χ3v) is 4.54. The molecule has 2 heteroatoms. The third kappa shape index (κ3) is 2.32. The summed E-state index contributed by atoms with van der Waals surface area (Å²) in [5, 5.41) is 3.43. The number of fused-ring (bicyclic) bond motifs is 1. The fourth-order valence-corrected chi connectivity index (χ4v) is 3.10. The molecule has 0 spiro atoms. The average molecular weight is 242 g/mol. The van der Waals surface area contributed by atoms with E-state index in [9.17, 15) is 0 Å². The second-order valence-electron chi connectivity index (χ2n) is 6.31. The molecule has 2 saturated carbocycles. The minimum absolute atomic E-state index is 0.900. The molecule has 1 aromatic carbocycles. The van der Waals surface area contributed by atoms with Crippen LogP contribution < -0.4 is 5.32 Å². The topological polar surface area (TPSA) is 15.3 Å². The summed E-state index contributed by atoms with van der Waals surface area (Å²) in [5.41, 5.74) is 4.54. The van der Waals surface area contributed by atoms with Gasteiger partial charge in [-0.25, -0.2) is 0 Å². The van der Waals surface area contributed by atoms with Crippen LogP contribution in [0.3, 0.4) is 0 Å². The van der Waals surface area contributed by atoms with E-state index >= 15 is 0 Å². The van der Waals surface area contributed by atoms with Crippen molar-refractivity contribution in [1.82, 2.24) is 10.2 Å². The molecule has 0 saturated heterocycles. The Morgan fingerprint density at radius 1 is 1.06 bits per heavy atom. The van der Waals surface area contributed by atoms with E-state index in [1.807, 2.05) is 0 Å². The summed E-state index contributed by atoms with van der Waals surface area (Å²) in [6, 6.07) is 8.00. The Balaban J connectivity index is 1.48. The van der Waals surface area contributed by atoms with Crippen LogP contribution in [0.25, 0.3) is 0 Å². The number of hydrogen-bond donors (Lipinski definition) is 1. The highest BCUT2D eigenvalue weighted by atomic mass is 15.2. The van der Waals surface area contributed by atoms with E-state index in [1.54, 1.807) is 0 Å². The van der Waals surface area contributed by atoms with Crippen molar-refractivity contribution in [3.8, 4) is 0 Å². The summed E-state index contributed by atoms with van der Waals surface area (Å²) in [7, 11) is 0. The third-order valence-electron chi connectivity index (χ3n) is 4.54. The van der Waals surface area contributed by atoms with E-state index in [2.05, 4.69) is 28.4 Å². The molecule has 1 aromatic rings. The second kappa shape index (κ2) is 4.36. The van der Waals surface area contributed by atoms with Crippen molar-refractivity contribution < 1.29 is 0 Å². The highest BCUT2D eigenvalue weighted by Gasteiger charge is 2.33. The molecule has 0 unspecified atom stereocenters. The maximum absolute atomic E-state index is 3.43. The fourth-order valence-electron chi connectivity index (χ4n) is 3.10. The highest BCUT2D eigenvalue weighted by Crippen LogP contribution is 2.35. The minimum Gasteiger partial charge on any atom is -0.309 e. The van der Waals surface area contributed by atoms with E-state index in [0.29, 0.717) is 0 Å². The van der Waals surface area contributed by atoms with Crippen LogP contribution in [-0.4, -0.2) is 17.5 Å².